The fourth-order valence-electron chi connectivity index (χ4n) is 4.81. The van der Waals surface area contributed by atoms with E-state index in [4.69, 9.17) is 5.73 Å². The van der Waals surface area contributed by atoms with Gasteiger partial charge in [0.05, 0.1) is 11.1 Å². The molecule has 6 rings (SSSR count). The van der Waals surface area contributed by atoms with Gasteiger partial charge in [-0.25, -0.2) is 32.8 Å². The number of alkyl halides is 2. The standard InChI is InChI=1S/C24H22F3N9/c1-35-23(31-15-3-4-16(17(25)8-15)18-6-7-29-22(28)32-18)33-20(34-35)13-2-5-19(30-10-13)36-11-14-9-24(14,12-36)21(26)27/h2-8,10,14,21H,9,11-12H2,1H3,(H2,28,29,32)(H,31,33,34)/t14-,24-/m0/s1. The number of rotatable bonds is 6. The molecule has 4 heterocycles. The second-order valence-electron chi connectivity index (χ2n) is 9.22. The van der Waals surface area contributed by atoms with Gasteiger partial charge >= 0.3 is 0 Å². The van der Waals surface area contributed by atoms with Gasteiger partial charge in [-0.15, -0.1) is 5.10 Å². The number of pyridine rings is 1. The highest BCUT2D eigenvalue weighted by molar-refractivity contribution is 5.66. The van der Waals surface area contributed by atoms with Gasteiger partial charge in [-0.2, -0.15) is 4.98 Å². The van der Waals surface area contributed by atoms with Crippen LogP contribution in [0.1, 0.15) is 6.42 Å². The maximum atomic E-state index is 14.8. The largest absolute Gasteiger partial charge is 0.368 e. The van der Waals surface area contributed by atoms with E-state index in [0.29, 0.717) is 59.6 Å². The summed E-state index contributed by atoms with van der Waals surface area (Å²) >= 11 is 0. The summed E-state index contributed by atoms with van der Waals surface area (Å²) in [4.78, 5) is 18.8. The van der Waals surface area contributed by atoms with E-state index in [1.165, 1.54) is 12.3 Å². The molecule has 36 heavy (non-hydrogen) atoms. The molecule has 0 radical (unpaired) electrons. The van der Waals surface area contributed by atoms with Gasteiger partial charge < -0.3 is 16.0 Å². The first-order valence-corrected chi connectivity index (χ1v) is 11.4. The van der Waals surface area contributed by atoms with Gasteiger partial charge in [0.2, 0.25) is 18.3 Å². The zero-order chi connectivity index (χ0) is 25.0. The number of fused-ring (bicyclic) bond motifs is 1. The van der Waals surface area contributed by atoms with Gasteiger partial charge in [0.25, 0.3) is 0 Å². The van der Waals surface area contributed by atoms with Crippen LogP contribution in [0.25, 0.3) is 22.6 Å². The average molecular weight is 493 g/mol. The number of benzene rings is 1. The molecule has 0 spiro atoms. The highest BCUT2D eigenvalue weighted by atomic mass is 19.3. The summed E-state index contributed by atoms with van der Waals surface area (Å²) < 4.78 is 43.0. The number of aromatic nitrogens is 6. The molecule has 1 aliphatic heterocycles. The van der Waals surface area contributed by atoms with E-state index in [1.54, 1.807) is 42.2 Å². The number of nitrogens with two attached hydrogens (primary N) is 1. The lowest BCUT2D eigenvalue weighted by Gasteiger charge is -2.21. The summed E-state index contributed by atoms with van der Waals surface area (Å²) in [6, 6.07) is 9.84. The van der Waals surface area contributed by atoms with Gasteiger partial charge in [0, 0.05) is 49.3 Å². The Morgan fingerprint density at radius 3 is 2.69 bits per heavy atom. The molecule has 1 saturated heterocycles. The van der Waals surface area contributed by atoms with Crippen molar-refractivity contribution in [1.29, 1.82) is 0 Å². The molecule has 0 amide bonds. The number of halogens is 3. The molecule has 2 atom stereocenters. The van der Waals surface area contributed by atoms with E-state index in [9.17, 15) is 13.2 Å². The second kappa shape index (κ2) is 8.18. The molecule has 4 aromatic rings. The molecule has 1 aromatic carbocycles. The number of nitrogens with zero attached hydrogens (tertiary/aromatic N) is 7. The molecule has 0 bridgehead atoms. The molecule has 184 valence electrons. The molecule has 2 fully saturated rings. The number of hydrogen-bond acceptors (Lipinski definition) is 8. The van der Waals surface area contributed by atoms with Crippen LogP contribution in [0, 0.1) is 17.2 Å². The van der Waals surface area contributed by atoms with Gasteiger partial charge in [-0.1, -0.05) is 0 Å². The highest BCUT2D eigenvalue weighted by Crippen LogP contribution is 2.61. The summed E-state index contributed by atoms with van der Waals surface area (Å²) in [5.41, 5.74) is 6.59. The Kier molecular flexibility index (Phi) is 5.06. The zero-order valence-corrected chi connectivity index (χ0v) is 19.2. The summed E-state index contributed by atoms with van der Waals surface area (Å²) in [5.74, 6) is 1.14. The smallest absolute Gasteiger partial charge is 0.246 e. The van der Waals surface area contributed by atoms with E-state index in [1.807, 2.05) is 11.0 Å². The first kappa shape index (κ1) is 22.3. The van der Waals surface area contributed by atoms with Crippen LogP contribution in [0.2, 0.25) is 0 Å². The van der Waals surface area contributed by atoms with Crippen LogP contribution >= 0.6 is 0 Å². The highest BCUT2D eigenvalue weighted by Gasteiger charge is 2.65. The van der Waals surface area contributed by atoms with Crippen LogP contribution in [0.3, 0.4) is 0 Å². The molecular formula is C24H22F3N9. The van der Waals surface area contributed by atoms with Gasteiger partial charge in [0.15, 0.2) is 5.82 Å². The Morgan fingerprint density at radius 1 is 1.14 bits per heavy atom. The average Bonchev–Trinajstić information content (AvgIpc) is 3.24. The van der Waals surface area contributed by atoms with Crippen LogP contribution in [-0.4, -0.2) is 49.2 Å². The van der Waals surface area contributed by atoms with Crippen molar-refractivity contribution in [2.75, 3.05) is 29.0 Å². The van der Waals surface area contributed by atoms with E-state index in [-0.39, 0.29) is 11.9 Å². The molecular weight excluding hydrogens is 471 g/mol. The van der Waals surface area contributed by atoms with Crippen molar-refractivity contribution in [1.82, 2.24) is 29.7 Å². The maximum absolute atomic E-state index is 14.8. The lowest BCUT2D eigenvalue weighted by atomic mass is 10.1. The van der Waals surface area contributed by atoms with Crippen molar-refractivity contribution < 1.29 is 13.2 Å². The predicted octanol–water partition coefficient (Wildman–Crippen LogP) is 3.89. The third-order valence-electron chi connectivity index (χ3n) is 6.91. The van der Waals surface area contributed by atoms with Crippen LogP contribution in [-0.2, 0) is 7.05 Å². The Hall–Kier alpha value is -4.22. The van der Waals surface area contributed by atoms with E-state index < -0.39 is 17.7 Å². The van der Waals surface area contributed by atoms with Crippen LogP contribution in [0.5, 0.6) is 0 Å². The van der Waals surface area contributed by atoms with Crippen molar-refractivity contribution in [2.45, 2.75) is 12.8 Å². The van der Waals surface area contributed by atoms with Crippen molar-refractivity contribution in [2.24, 2.45) is 18.4 Å². The number of hydrogen-bond donors (Lipinski definition) is 2. The monoisotopic (exact) mass is 493 g/mol. The van der Waals surface area contributed by atoms with Gasteiger partial charge in [-0.3, -0.25) is 0 Å². The Labute approximate surface area is 204 Å². The van der Waals surface area contributed by atoms with Crippen molar-refractivity contribution in [3.63, 3.8) is 0 Å². The normalized spacial score (nSPS) is 20.6. The quantitative estimate of drug-likeness (QED) is 0.416. The molecule has 3 aromatic heterocycles. The van der Waals surface area contributed by atoms with Crippen molar-refractivity contribution >= 4 is 23.4 Å². The topological polar surface area (TPSA) is 111 Å². The lowest BCUT2D eigenvalue weighted by Crippen LogP contribution is -2.28. The Morgan fingerprint density at radius 2 is 2.00 bits per heavy atom. The predicted molar refractivity (Wildman–Crippen MR) is 128 cm³/mol. The fraction of sp³-hybridized carbons (Fsp3) is 0.292. The molecule has 2 aliphatic rings. The number of piperidine rings is 1. The molecule has 3 N–H and O–H groups in total. The Balaban J connectivity index is 1.17. The fourth-order valence-corrected chi connectivity index (χ4v) is 4.81. The van der Waals surface area contributed by atoms with Crippen LogP contribution in [0.15, 0.2) is 48.8 Å². The minimum absolute atomic E-state index is 0.0445. The first-order valence-electron chi connectivity index (χ1n) is 11.4. The maximum Gasteiger partial charge on any atom is 0.246 e. The van der Waals surface area contributed by atoms with Gasteiger partial charge in [0.1, 0.15) is 11.6 Å². The van der Waals surface area contributed by atoms with Crippen LogP contribution in [0.4, 0.5) is 36.6 Å². The summed E-state index contributed by atoms with van der Waals surface area (Å²) in [6.07, 6.45) is 1.40. The number of anilines is 4. The van der Waals surface area contributed by atoms with Crippen molar-refractivity contribution in [3.05, 3.63) is 54.6 Å². The third-order valence-corrected chi connectivity index (χ3v) is 6.91. The number of nitrogen functional groups attached to an aromatic ring is 1. The summed E-state index contributed by atoms with van der Waals surface area (Å²) in [7, 11) is 1.72. The Bertz CT molecular complexity index is 1440. The minimum atomic E-state index is -2.30. The SMILES string of the molecule is Cn1nc(-c2ccc(N3C[C@@H]4C[C@]4(C(F)F)C3)nc2)nc1Nc1ccc(-c2ccnc(N)n2)c(F)c1. The van der Waals surface area contributed by atoms with E-state index in [2.05, 4.69) is 30.4 Å². The minimum Gasteiger partial charge on any atom is -0.368 e. The molecule has 12 heteroatoms. The molecule has 0 unspecified atom stereocenters. The molecule has 9 nitrogen and oxygen atoms in total. The van der Waals surface area contributed by atoms with Crippen molar-refractivity contribution in [3.8, 4) is 22.6 Å². The number of aryl methyl sites for hydroxylation is 1. The van der Waals surface area contributed by atoms with Crippen LogP contribution < -0.4 is 16.0 Å². The molecule has 1 aliphatic carbocycles. The first-order chi connectivity index (χ1) is 17.3. The van der Waals surface area contributed by atoms with E-state index in [0.717, 1.165) is 0 Å². The van der Waals surface area contributed by atoms with Gasteiger partial charge in [-0.05, 0) is 48.7 Å². The second-order valence-corrected chi connectivity index (χ2v) is 9.22. The summed E-state index contributed by atoms with van der Waals surface area (Å²) in [6.45, 7) is 0.935. The summed E-state index contributed by atoms with van der Waals surface area (Å²) in [5, 5.41) is 7.49. The number of nitrogens with one attached hydrogen (secondary N) is 1. The lowest BCUT2D eigenvalue weighted by molar-refractivity contribution is 0.0656. The zero-order valence-electron chi connectivity index (χ0n) is 19.2. The van der Waals surface area contributed by atoms with E-state index >= 15 is 0 Å². The third kappa shape index (κ3) is 3.78. The molecule has 1 saturated carbocycles.